The molecule has 0 unspecified atom stereocenters. The molecule has 106 valence electrons. The first-order valence-corrected chi connectivity index (χ1v) is 6.65. The predicted molar refractivity (Wildman–Crippen MR) is 76.0 cm³/mol. The minimum Gasteiger partial charge on any atom is -0.326 e. The maximum Gasteiger partial charge on any atom is 0.261 e. The van der Waals surface area contributed by atoms with Gasteiger partial charge in [-0.25, -0.2) is 0 Å². The fourth-order valence-electron chi connectivity index (χ4n) is 1.80. The summed E-state index contributed by atoms with van der Waals surface area (Å²) in [6.07, 6.45) is 0. The van der Waals surface area contributed by atoms with Crippen LogP contribution in [0.4, 0.5) is 5.69 Å². The Morgan fingerprint density at radius 2 is 1.85 bits per heavy atom. The van der Waals surface area contributed by atoms with E-state index in [1.807, 2.05) is 0 Å². The largest absolute Gasteiger partial charge is 0.326 e. The Labute approximate surface area is 121 Å². The van der Waals surface area contributed by atoms with Gasteiger partial charge in [-0.15, -0.1) is 11.6 Å². The molecule has 0 saturated carbocycles. The van der Waals surface area contributed by atoms with Crippen LogP contribution >= 0.6 is 11.6 Å². The van der Waals surface area contributed by atoms with Crippen molar-refractivity contribution in [2.75, 3.05) is 18.2 Å². The first kappa shape index (κ1) is 14.5. The number of carbonyl (C=O) groups is 3. The molecule has 6 heteroatoms. The van der Waals surface area contributed by atoms with Gasteiger partial charge in [0.1, 0.15) is 0 Å². The molecule has 0 saturated heterocycles. The molecule has 1 aromatic rings. The normalized spacial score (nSPS) is 14.5. The number of rotatable bonds is 3. The highest BCUT2D eigenvalue weighted by molar-refractivity contribution is 6.22. The zero-order valence-electron chi connectivity index (χ0n) is 11.5. The lowest BCUT2D eigenvalue weighted by Gasteiger charge is -2.20. The molecule has 0 aliphatic carbocycles. The fourth-order valence-corrected chi connectivity index (χ4v) is 1.92. The van der Waals surface area contributed by atoms with Gasteiger partial charge in [-0.05, 0) is 32.0 Å². The Morgan fingerprint density at radius 3 is 2.45 bits per heavy atom. The zero-order chi connectivity index (χ0) is 15.1. The average molecular weight is 295 g/mol. The number of benzene rings is 1. The zero-order valence-corrected chi connectivity index (χ0v) is 12.2. The summed E-state index contributed by atoms with van der Waals surface area (Å²) < 4.78 is 0. The SMILES string of the molecule is CN1C(=O)c2ccc(NC(=O)C(C)(C)CCl)cc2C1=O. The Hall–Kier alpha value is -1.88. The molecular weight excluding hydrogens is 280 g/mol. The van der Waals surface area contributed by atoms with E-state index in [0.29, 0.717) is 16.8 Å². The van der Waals surface area contributed by atoms with Gasteiger partial charge in [-0.3, -0.25) is 19.3 Å². The number of halogens is 1. The standard InChI is InChI=1S/C14H15ClN2O3/c1-14(2,7-15)13(20)16-8-4-5-9-10(6-8)12(19)17(3)11(9)18/h4-6H,7H2,1-3H3,(H,16,20). The summed E-state index contributed by atoms with van der Waals surface area (Å²) in [6, 6.07) is 4.66. The molecule has 5 nitrogen and oxygen atoms in total. The molecule has 0 radical (unpaired) electrons. The number of carbonyl (C=O) groups excluding carboxylic acids is 3. The number of fused-ring (bicyclic) bond motifs is 1. The van der Waals surface area contributed by atoms with Crippen LogP contribution in [0.2, 0.25) is 0 Å². The number of hydrogen-bond acceptors (Lipinski definition) is 3. The molecule has 1 heterocycles. The van der Waals surface area contributed by atoms with Crippen molar-refractivity contribution in [3.05, 3.63) is 29.3 Å². The topological polar surface area (TPSA) is 66.5 Å². The summed E-state index contributed by atoms with van der Waals surface area (Å²) >= 11 is 5.74. The van der Waals surface area contributed by atoms with Gasteiger partial charge in [0.15, 0.2) is 0 Å². The molecule has 1 N–H and O–H groups in total. The van der Waals surface area contributed by atoms with Crippen molar-refractivity contribution in [2.45, 2.75) is 13.8 Å². The van der Waals surface area contributed by atoms with E-state index in [1.54, 1.807) is 26.0 Å². The van der Waals surface area contributed by atoms with Crippen LogP contribution in [0.15, 0.2) is 18.2 Å². The van der Waals surface area contributed by atoms with E-state index in [2.05, 4.69) is 5.32 Å². The van der Waals surface area contributed by atoms with Crippen LogP contribution < -0.4 is 5.32 Å². The minimum atomic E-state index is -0.711. The van der Waals surface area contributed by atoms with E-state index in [9.17, 15) is 14.4 Å². The van der Waals surface area contributed by atoms with Gasteiger partial charge in [-0.1, -0.05) is 0 Å². The van der Waals surface area contributed by atoms with Gasteiger partial charge in [0, 0.05) is 18.6 Å². The van der Waals surface area contributed by atoms with Crippen LogP contribution in [0, 0.1) is 5.41 Å². The van der Waals surface area contributed by atoms with Crippen molar-refractivity contribution in [3.8, 4) is 0 Å². The molecule has 0 bridgehead atoms. The van der Waals surface area contributed by atoms with Crippen LogP contribution in [0.25, 0.3) is 0 Å². The molecule has 0 aromatic heterocycles. The fraction of sp³-hybridized carbons (Fsp3) is 0.357. The number of nitrogens with one attached hydrogen (secondary N) is 1. The Morgan fingerprint density at radius 1 is 1.25 bits per heavy atom. The molecule has 1 aliphatic rings. The maximum absolute atomic E-state index is 12.0. The van der Waals surface area contributed by atoms with E-state index in [0.717, 1.165) is 4.90 Å². The van der Waals surface area contributed by atoms with Gasteiger partial charge in [0.25, 0.3) is 11.8 Å². The Balaban J connectivity index is 2.28. The van der Waals surface area contributed by atoms with Gasteiger partial charge < -0.3 is 5.32 Å². The van der Waals surface area contributed by atoms with Gasteiger partial charge >= 0.3 is 0 Å². The summed E-state index contributed by atoms with van der Waals surface area (Å²) in [4.78, 5) is 36.7. The van der Waals surface area contributed by atoms with Gasteiger partial charge in [0.2, 0.25) is 5.91 Å². The van der Waals surface area contributed by atoms with Gasteiger partial charge in [-0.2, -0.15) is 0 Å². The molecule has 0 spiro atoms. The summed E-state index contributed by atoms with van der Waals surface area (Å²) in [6.45, 7) is 3.45. The second-order valence-corrected chi connectivity index (χ2v) is 5.67. The molecule has 20 heavy (non-hydrogen) atoms. The number of hydrogen-bond donors (Lipinski definition) is 1. The van der Waals surface area contributed by atoms with E-state index < -0.39 is 5.41 Å². The highest BCUT2D eigenvalue weighted by Crippen LogP contribution is 2.26. The smallest absolute Gasteiger partial charge is 0.261 e. The summed E-state index contributed by atoms with van der Waals surface area (Å²) in [5.74, 6) is -0.747. The lowest BCUT2D eigenvalue weighted by atomic mass is 9.95. The Bertz CT molecular complexity index is 610. The second-order valence-electron chi connectivity index (χ2n) is 5.40. The van der Waals surface area contributed by atoms with Crippen molar-refractivity contribution in [1.82, 2.24) is 4.90 Å². The Kier molecular flexibility index (Phi) is 3.56. The summed E-state index contributed by atoms with van der Waals surface area (Å²) in [7, 11) is 1.43. The number of amides is 3. The molecule has 1 aromatic carbocycles. The molecule has 2 rings (SSSR count). The molecular formula is C14H15ClN2O3. The number of alkyl halides is 1. The van der Waals surface area contributed by atoms with E-state index >= 15 is 0 Å². The summed E-state index contributed by atoms with van der Waals surface area (Å²) in [5, 5.41) is 2.71. The monoisotopic (exact) mass is 294 g/mol. The van der Waals surface area contributed by atoms with Crippen LogP contribution in [-0.2, 0) is 4.79 Å². The number of anilines is 1. The molecule has 1 aliphatic heterocycles. The van der Waals surface area contributed by atoms with Crippen LogP contribution in [0.5, 0.6) is 0 Å². The highest BCUT2D eigenvalue weighted by Gasteiger charge is 2.33. The van der Waals surface area contributed by atoms with Crippen molar-refractivity contribution in [3.63, 3.8) is 0 Å². The van der Waals surface area contributed by atoms with Crippen LogP contribution in [-0.4, -0.2) is 35.5 Å². The molecule has 0 fully saturated rings. The molecule has 0 atom stereocenters. The van der Waals surface area contributed by atoms with E-state index in [4.69, 9.17) is 11.6 Å². The lowest BCUT2D eigenvalue weighted by molar-refractivity contribution is -0.122. The minimum absolute atomic E-state index is 0.184. The van der Waals surface area contributed by atoms with Crippen molar-refractivity contribution < 1.29 is 14.4 Å². The van der Waals surface area contributed by atoms with Crippen LogP contribution in [0.3, 0.4) is 0 Å². The second kappa shape index (κ2) is 4.90. The number of nitrogens with zero attached hydrogens (tertiary/aromatic N) is 1. The quantitative estimate of drug-likeness (QED) is 0.686. The van der Waals surface area contributed by atoms with Crippen LogP contribution in [0.1, 0.15) is 34.6 Å². The van der Waals surface area contributed by atoms with Gasteiger partial charge in [0.05, 0.1) is 16.5 Å². The van der Waals surface area contributed by atoms with Crippen molar-refractivity contribution in [2.24, 2.45) is 5.41 Å². The average Bonchev–Trinajstić information content (AvgIpc) is 2.63. The van der Waals surface area contributed by atoms with Crippen molar-refractivity contribution in [1.29, 1.82) is 0 Å². The summed E-state index contributed by atoms with van der Waals surface area (Å²) in [5.41, 5.74) is 0.423. The number of imide groups is 1. The molecule has 3 amide bonds. The highest BCUT2D eigenvalue weighted by atomic mass is 35.5. The van der Waals surface area contributed by atoms with E-state index in [1.165, 1.54) is 13.1 Å². The third kappa shape index (κ3) is 2.29. The lowest BCUT2D eigenvalue weighted by Crippen LogP contribution is -2.32. The maximum atomic E-state index is 12.0. The first-order valence-electron chi connectivity index (χ1n) is 6.12. The van der Waals surface area contributed by atoms with Crippen molar-refractivity contribution >= 4 is 35.0 Å². The third-order valence-corrected chi connectivity index (χ3v) is 3.96. The predicted octanol–water partition coefficient (Wildman–Crippen LogP) is 2.12. The van der Waals surface area contributed by atoms with E-state index in [-0.39, 0.29) is 23.6 Å². The first-order chi connectivity index (χ1) is 9.27. The third-order valence-electron chi connectivity index (χ3n) is 3.30.